The van der Waals surface area contributed by atoms with Crippen molar-refractivity contribution in [2.24, 2.45) is 0 Å². The zero-order chi connectivity index (χ0) is 19.7. The molecule has 0 amide bonds. The SMILES string of the molecule is COc1ccc(-n2ccc3c(sc4nccc(N(C)CCCO)c43)c2=O)cc1. The van der Waals surface area contributed by atoms with Crippen molar-refractivity contribution in [1.29, 1.82) is 0 Å². The molecule has 3 aromatic heterocycles. The highest BCUT2D eigenvalue weighted by Crippen LogP contribution is 2.36. The number of pyridine rings is 2. The highest BCUT2D eigenvalue weighted by atomic mass is 32.1. The van der Waals surface area contributed by atoms with Gasteiger partial charge in [-0.3, -0.25) is 9.36 Å². The van der Waals surface area contributed by atoms with Gasteiger partial charge in [-0.05, 0) is 42.8 Å². The van der Waals surface area contributed by atoms with Crippen molar-refractivity contribution in [3.8, 4) is 11.4 Å². The first-order chi connectivity index (χ1) is 13.6. The number of ether oxygens (including phenoxy) is 1. The molecule has 0 aliphatic carbocycles. The van der Waals surface area contributed by atoms with Crippen LogP contribution in [0.5, 0.6) is 5.75 Å². The average molecular weight is 395 g/mol. The van der Waals surface area contributed by atoms with Gasteiger partial charge in [0.25, 0.3) is 5.56 Å². The van der Waals surface area contributed by atoms with E-state index < -0.39 is 0 Å². The molecule has 1 N–H and O–H groups in total. The van der Waals surface area contributed by atoms with E-state index >= 15 is 0 Å². The predicted molar refractivity (Wildman–Crippen MR) is 114 cm³/mol. The fourth-order valence-corrected chi connectivity index (χ4v) is 4.45. The summed E-state index contributed by atoms with van der Waals surface area (Å²) in [5.74, 6) is 0.750. The first-order valence-corrected chi connectivity index (χ1v) is 9.85. The summed E-state index contributed by atoms with van der Waals surface area (Å²) in [5, 5.41) is 11.0. The van der Waals surface area contributed by atoms with Gasteiger partial charge in [-0.1, -0.05) is 0 Å². The third kappa shape index (κ3) is 3.12. The van der Waals surface area contributed by atoms with Gasteiger partial charge in [0.15, 0.2) is 0 Å². The molecule has 0 aliphatic heterocycles. The summed E-state index contributed by atoms with van der Waals surface area (Å²) in [6, 6.07) is 11.3. The lowest BCUT2D eigenvalue weighted by Gasteiger charge is -2.19. The lowest BCUT2D eigenvalue weighted by atomic mass is 10.1. The van der Waals surface area contributed by atoms with E-state index in [1.807, 2.05) is 49.6 Å². The van der Waals surface area contributed by atoms with Crippen molar-refractivity contribution in [2.45, 2.75) is 6.42 Å². The van der Waals surface area contributed by atoms with Gasteiger partial charge in [-0.2, -0.15) is 0 Å². The Morgan fingerprint density at radius 1 is 1.21 bits per heavy atom. The number of nitrogens with zero attached hydrogens (tertiary/aromatic N) is 3. The van der Waals surface area contributed by atoms with Crippen LogP contribution in [-0.2, 0) is 0 Å². The second kappa shape index (κ2) is 7.61. The van der Waals surface area contributed by atoms with Gasteiger partial charge in [0, 0.05) is 54.7 Å². The summed E-state index contributed by atoms with van der Waals surface area (Å²) in [4.78, 5) is 20.6. The maximum Gasteiger partial charge on any atom is 0.273 e. The zero-order valence-electron chi connectivity index (χ0n) is 15.8. The number of methoxy groups -OCH3 is 1. The molecule has 0 spiro atoms. The van der Waals surface area contributed by atoms with Crippen LogP contribution >= 0.6 is 11.3 Å². The van der Waals surface area contributed by atoms with Gasteiger partial charge < -0.3 is 14.7 Å². The Bertz CT molecular complexity index is 1180. The number of aliphatic hydroxyl groups is 1. The quantitative estimate of drug-likeness (QED) is 0.542. The van der Waals surface area contributed by atoms with Crippen LogP contribution in [0.15, 0.2) is 53.6 Å². The van der Waals surface area contributed by atoms with Gasteiger partial charge >= 0.3 is 0 Å². The lowest BCUT2D eigenvalue weighted by molar-refractivity contribution is 0.290. The molecule has 7 heteroatoms. The van der Waals surface area contributed by atoms with Crippen molar-refractivity contribution in [3.63, 3.8) is 0 Å². The van der Waals surface area contributed by atoms with Crippen LogP contribution in [0.3, 0.4) is 0 Å². The minimum absolute atomic E-state index is 0.0605. The largest absolute Gasteiger partial charge is 0.497 e. The smallest absolute Gasteiger partial charge is 0.273 e. The molecular weight excluding hydrogens is 374 g/mol. The van der Waals surface area contributed by atoms with Crippen LogP contribution < -0.4 is 15.2 Å². The summed E-state index contributed by atoms with van der Waals surface area (Å²) in [5.41, 5.74) is 1.75. The summed E-state index contributed by atoms with van der Waals surface area (Å²) >= 11 is 1.42. The van der Waals surface area contributed by atoms with E-state index in [1.54, 1.807) is 17.9 Å². The highest BCUT2D eigenvalue weighted by Gasteiger charge is 2.16. The molecule has 0 fully saturated rings. The Kier molecular flexibility index (Phi) is 5.02. The number of hydrogen-bond donors (Lipinski definition) is 1. The van der Waals surface area contributed by atoms with E-state index in [0.29, 0.717) is 11.1 Å². The van der Waals surface area contributed by atoms with Crippen LogP contribution in [0, 0.1) is 0 Å². The van der Waals surface area contributed by atoms with Crippen LogP contribution in [-0.4, -0.2) is 42.0 Å². The molecule has 1 aromatic carbocycles. The van der Waals surface area contributed by atoms with Crippen LogP contribution in [0.25, 0.3) is 26.0 Å². The van der Waals surface area contributed by atoms with E-state index in [0.717, 1.165) is 39.3 Å². The van der Waals surface area contributed by atoms with Crippen molar-refractivity contribution in [3.05, 3.63) is 59.1 Å². The molecule has 0 saturated carbocycles. The number of benzene rings is 1. The van der Waals surface area contributed by atoms with Crippen LogP contribution in [0.2, 0.25) is 0 Å². The molecule has 0 saturated heterocycles. The number of anilines is 1. The Labute approximate surface area is 166 Å². The van der Waals surface area contributed by atoms with E-state index in [2.05, 4.69) is 9.88 Å². The van der Waals surface area contributed by atoms with E-state index in [9.17, 15) is 4.79 Å². The Morgan fingerprint density at radius 2 is 2.00 bits per heavy atom. The Hall–Kier alpha value is -2.90. The third-order valence-electron chi connectivity index (χ3n) is 4.82. The molecule has 0 bridgehead atoms. The number of fused-ring (bicyclic) bond motifs is 3. The van der Waals surface area contributed by atoms with E-state index in [1.165, 1.54) is 11.3 Å². The Morgan fingerprint density at radius 3 is 2.71 bits per heavy atom. The first kappa shape index (κ1) is 18.5. The second-order valence-corrected chi connectivity index (χ2v) is 7.54. The maximum absolute atomic E-state index is 13.2. The van der Waals surface area contributed by atoms with Crippen molar-refractivity contribution in [2.75, 3.05) is 32.2 Å². The molecule has 0 aliphatic rings. The van der Waals surface area contributed by atoms with Crippen LogP contribution in [0.4, 0.5) is 5.69 Å². The van der Waals surface area contributed by atoms with E-state index in [-0.39, 0.29) is 12.2 Å². The molecule has 4 rings (SSSR count). The monoisotopic (exact) mass is 395 g/mol. The molecule has 6 nitrogen and oxygen atoms in total. The molecule has 0 atom stereocenters. The number of hydrogen-bond acceptors (Lipinski definition) is 6. The molecular formula is C21H21N3O3S. The topological polar surface area (TPSA) is 67.6 Å². The lowest BCUT2D eigenvalue weighted by Crippen LogP contribution is -2.19. The minimum Gasteiger partial charge on any atom is -0.497 e. The second-order valence-electron chi connectivity index (χ2n) is 6.54. The number of rotatable bonds is 6. The van der Waals surface area contributed by atoms with E-state index in [4.69, 9.17) is 9.84 Å². The predicted octanol–water partition coefficient (Wildman–Crippen LogP) is 3.43. The molecule has 4 aromatic rings. The highest BCUT2D eigenvalue weighted by molar-refractivity contribution is 7.25. The standard InChI is InChI=1S/C21H21N3O3S/c1-23(11-3-13-25)17-8-10-22-20-18(17)16-9-12-24(21(26)19(16)28-20)14-4-6-15(27-2)7-5-14/h4-10,12,25H,3,11,13H2,1-2H3. The summed E-state index contributed by atoms with van der Waals surface area (Å²) < 4.78 is 7.52. The van der Waals surface area contributed by atoms with Gasteiger partial charge in [0.2, 0.25) is 0 Å². The zero-order valence-corrected chi connectivity index (χ0v) is 16.6. The fraction of sp³-hybridized carbons (Fsp3) is 0.238. The third-order valence-corrected chi connectivity index (χ3v) is 5.93. The summed E-state index contributed by atoms with van der Waals surface area (Å²) in [6.07, 6.45) is 4.26. The molecule has 0 unspecified atom stereocenters. The number of thiophene rings is 1. The van der Waals surface area contributed by atoms with Crippen molar-refractivity contribution in [1.82, 2.24) is 9.55 Å². The van der Waals surface area contributed by atoms with Crippen molar-refractivity contribution < 1.29 is 9.84 Å². The molecule has 144 valence electrons. The molecule has 3 heterocycles. The van der Waals surface area contributed by atoms with Gasteiger partial charge in [-0.25, -0.2) is 4.98 Å². The molecule has 0 radical (unpaired) electrons. The van der Waals surface area contributed by atoms with Gasteiger partial charge in [0.05, 0.1) is 7.11 Å². The average Bonchev–Trinajstić information content (AvgIpc) is 3.12. The van der Waals surface area contributed by atoms with Crippen molar-refractivity contribution >= 4 is 37.3 Å². The van der Waals surface area contributed by atoms with Gasteiger partial charge in [0.1, 0.15) is 15.3 Å². The van der Waals surface area contributed by atoms with Crippen LogP contribution in [0.1, 0.15) is 6.42 Å². The number of aliphatic hydroxyl groups excluding tert-OH is 1. The van der Waals surface area contributed by atoms with Gasteiger partial charge in [-0.15, -0.1) is 11.3 Å². The number of aromatic nitrogens is 2. The molecule has 28 heavy (non-hydrogen) atoms. The summed E-state index contributed by atoms with van der Waals surface area (Å²) in [6.45, 7) is 0.880. The summed E-state index contributed by atoms with van der Waals surface area (Å²) in [7, 11) is 3.61. The fourth-order valence-electron chi connectivity index (χ4n) is 3.37. The first-order valence-electron chi connectivity index (χ1n) is 9.03. The minimum atomic E-state index is -0.0605. The maximum atomic E-state index is 13.2. The Balaban J connectivity index is 1.87. The normalized spacial score (nSPS) is 11.2.